The molecule has 5 aromatic carbocycles. The van der Waals surface area contributed by atoms with E-state index in [9.17, 15) is 0 Å². The van der Waals surface area contributed by atoms with Gasteiger partial charge in [0, 0.05) is 50.2 Å². The largest absolute Gasteiger partial charge is 0.501 e. The molecule has 1 radical (unpaired) electrons. The number of benzene rings is 5. The number of hydrogen-bond donors (Lipinski definition) is 0. The van der Waals surface area contributed by atoms with Gasteiger partial charge in [-0.05, 0) is 94.3 Å². The molecule has 8 aromatic rings. The third-order valence-corrected chi connectivity index (χ3v) is 10.1. The summed E-state index contributed by atoms with van der Waals surface area (Å²) in [5.74, 6) is -0.425. The second-order valence-electron chi connectivity index (χ2n) is 15.4. The minimum absolute atomic E-state index is 0. The van der Waals surface area contributed by atoms with Crippen molar-refractivity contribution in [2.45, 2.75) is 78.8 Å². The van der Waals surface area contributed by atoms with E-state index in [0.717, 1.165) is 75.6 Å². The van der Waals surface area contributed by atoms with E-state index >= 15 is 0 Å². The zero-order valence-electron chi connectivity index (χ0n) is 41.4. The normalized spacial score (nSPS) is 16.8. The van der Waals surface area contributed by atoms with Crippen molar-refractivity contribution in [1.82, 2.24) is 9.97 Å². The Morgan fingerprint density at radius 2 is 1.56 bits per heavy atom. The van der Waals surface area contributed by atoms with Crippen LogP contribution in [0.3, 0.4) is 0 Å². The molecule has 9 rings (SSSR count). The number of hydrogen-bond acceptors (Lipinski definition) is 3. The summed E-state index contributed by atoms with van der Waals surface area (Å²) in [6.07, 6.45) is 7.06. The van der Waals surface area contributed by atoms with E-state index in [2.05, 4.69) is 64.6 Å². The maximum Gasteiger partial charge on any atom is 0.120 e. The Morgan fingerprint density at radius 1 is 0.772 bits per heavy atom. The molecule has 0 unspecified atom stereocenters. The summed E-state index contributed by atoms with van der Waals surface area (Å²) < 4.78 is 78.3. The summed E-state index contributed by atoms with van der Waals surface area (Å²) in [5, 5.41) is 2.19. The fourth-order valence-electron chi connectivity index (χ4n) is 7.39. The van der Waals surface area contributed by atoms with Gasteiger partial charge in [0.25, 0.3) is 0 Å². The molecule has 0 N–H and O–H groups in total. The van der Waals surface area contributed by atoms with E-state index in [0.29, 0.717) is 27.9 Å². The Morgan fingerprint density at radius 3 is 2.30 bits per heavy atom. The first-order valence-corrected chi connectivity index (χ1v) is 19.3. The van der Waals surface area contributed by atoms with Gasteiger partial charge in [0.15, 0.2) is 0 Å². The zero-order chi connectivity index (χ0) is 46.4. The van der Waals surface area contributed by atoms with Gasteiger partial charge in [0.05, 0.1) is 5.58 Å². The van der Waals surface area contributed by atoms with Crippen LogP contribution in [0.1, 0.15) is 93.4 Å². The summed E-state index contributed by atoms with van der Waals surface area (Å²) >= 11 is 0. The van der Waals surface area contributed by atoms with Gasteiger partial charge in [-0.3, -0.25) is 0 Å². The fourth-order valence-corrected chi connectivity index (χ4v) is 7.39. The maximum absolute atomic E-state index is 8.88. The molecular weight excluding hydrogens is 873 g/mol. The van der Waals surface area contributed by atoms with Crippen molar-refractivity contribution in [2.75, 3.05) is 0 Å². The molecule has 0 bridgehead atoms. The summed E-state index contributed by atoms with van der Waals surface area (Å²) in [6, 6.07) is 44.1. The van der Waals surface area contributed by atoms with Crippen LogP contribution >= 0.6 is 0 Å². The Kier molecular flexibility index (Phi) is 9.24. The number of aromatic nitrogens is 2. The Balaban J connectivity index is 0.000000193. The van der Waals surface area contributed by atoms with Gasteiger partial charge in [-0.1, -0.05) is 148 Å². The standard InChI is InChI=1S/C29H24NO.C24H26N.Ir/c1-2-7-20(8-3-1)21-13-15-22(16-14-21)23-17-18-30-27(19-23)26-11-6-10-25-24-9-4-5-12-28(24)31-29(25)26;1-17-6-13-23(25-16-17)21-10-7-18(2)22(14-21)20-11-8-19(9-12-20)15-24(3,4)5;/h4-6,9-10,12-20H,1-3,7-8H2;6-9,11-14,16H,15H2,1-5H3;/q2*-1;/i20D;1D3,2D3,15D2;. The molecule has 1 aliphatic rings. The van der Waals surface area contributed by atoms with E-state index in [1.54, 1.807) is 36.4 Å². The molecule has 289 valence electrons. The molecule has 0 spiro atoms. The van der Waals surface area contributed by atoms with Crippen LogP contribution in [-0.4, -0.2) is 9.97 Å². The molecule has 1 aliphatic carbocycles. The van der Waals surface area contributed by atoms with Gasteiger partial charge in [0.1, 0.15) is 5.58 Å². The fraction of sp³-hybridized carbons (Fsp3) is 0.245. The van der Waals surface area contributed by atoms with Gasteiger partial charge in [-0.15, -0.1) is 47.5 Å². The van der Waals surface area contributed by atoms with Crippen LogP contribution in [0.4, 0.5) is 0 Å². The molecule has 0 saturated heterocycles. The van der Waals surface area contributed by atoms with E-state index in [1.807, 2.05) is 57.3 Å². The molecule has 57 heavy (non-hydrogen) atoms. The number of fused-ring (bicyclic) bond motifs is 3. The average molecular weight is 932 g/mol. The van der Waals surface area contributed by atoms with Gasteiger partial charge in [0.2, 0.25) is 0 Å². The minimum atomic E-state index is -2.37. The van der Waals surface area contributed by atoms with Crippen molar-refractivity contribution in [1.29, 1.82) is 0 Å². The minimum Gasteiger partial charge on any atom is -0.501 e. The van der Waals surface area contributed by atoms with Crippen molar-refractivity contribution in [2.24, 2.45) is 5.41 Å². The molecule has 3 heterocycles. The van der Waals surface area contributed by atoms with E-state index < -0.39 is 31.4 Å². The Labute approximate surface area is 364 Å². The monoisotopic (exact) mass is 932 g/mol. The number of nitrogens with zero attached hydrogens (tertiary/aromatic N) is 2. The first kappa shape index (κ1) is 30.0. The van der Waals surface area contributed by atoms with Crippen molar-refractivity contribution in [3.05, 3.63) is 168 Å². The first-order valence-electron chi connectivity index (χ1n) is 23.8. The predicted molar refractivity (Wildman–Crippen MR) is 234 cm³/mol. The van der Waals surface area contributed by atoms with Crippen LogP contribution < -0.4 is 0 Å². The molecule has 0 atom stereocenters. The predicted octanol–water partition coefficient (Wildman–Crippen LogP) is 14.6. The molecule has 3 aromatic heterocycles. The summed E-state index contributed by atoms with van der Waals surface area (Å²) in [7, 11) is 0. The van der Waals surface area contributed by atoms with E-state index in [4.69, 9.17) is 16.8 Å². The van der Waals surface area contributed by atoms with Gasteiger partial charge in [-0.25, -0.2) is 0 Å². The second-order valence-corrected chi connectivity index (χ2v) is 15.4. The third-order valence-electron chi connectivity index (χ3n) is 10.1. The molecular formula is C53H50IrN2O-2. The number of pyridine rings is 2. The van der Waals surface area contributed by atoms with Crippen molar-refractivity contribution >= 4 is 21.9 Å². The Hall–Kier alpha value is -5.15. The third kappa shape index (κ3) is 9.36. The van der Waals surface area contributed by atoms with E-state index in [-0.39, 0.29) is 31.2 Å². The van der Waals surface area contributed by atoms with Gasteiger partial charge >= 0.3 is 0 Å². The summed E-state index contributed by atoms with van der Waals surface area (Å²) in [6.45, 7) is 0.860. The molecule has 1 saturated carbocycles. The molecule has 1 fully saturated rings. The van der Waals surface area contributed by atoms with Gasteiger partial charge < -0.3 is 14.4 Å². The summed E-state index contributed by atoms with van der Waals surface area (Å²) in [5.41, 5.74) is 9.04. The topological polar surface area (TPSA) is 38.9 Å². The van der Waals surface area contributed by atoms with Gasteiger partial charge in [-0.2, -0.15) is 0 Å². The zero-order valence-corrected chi connectivity index (χ0v) is 34.8. The quantitative estimate of drug-likeness (QED) is 0.156. The van der Waals surface area contributed by atoms with Crippen LogP contribution in [-0.2, 0) is 26.5 Å². The second kappa shape index (κ2) is 17.6. The SMILES string of the molecule is [2H]C([2H])([2H])c1ccc(-c2[c-]cc(C([2H])([2H])[2H])c(-c3ccc(C([2H])([2H])C(C)(C)C)cc3)c2)nc1.[2H]C1(c2ccc(-c3ccnc(-c4[c-]ccc5c4oc4ccccc45)c3)cc2)CCCCC1.[Ir]. The smallest absolute Gasteiger partial charge is 0.120 e. The van der Waals surface area contributed by atoms with Crippen molar-refractivity contribution in [3.63, 3.8) is 0 Å². The molecule has 4 heteroatoms. The maximum atomic E-state index is 8.88. The van der Waals surface area contributed by atoms with Crippen LogP contribution in [0.5, 0.6) is 0 Å². The van der Waals surface area contributed by atoms with Crippen molar-refractivity contribution in [3.8, 4) is 44.8 Å². The molecule has 3 nitrogen and oxygen atoms in total. The Bertz CT molecular complexity index is 2950. The molecule has 0 aliphatic heterocycles. The van der Waals surface area contributed by atoms with Crippen LogP contribution in [0, 0.1) is 31.3 Å². The van der Waals surface area contributed by atoms with Crippen molar-refractivity contribution < 1.29 is 36.9 Å². The average Bonchev–Trinajstić information content (AvgIpc) is 3.68. The first-order chi connectivity index (χ1) is 30.7. The molecule has 0 amide bonds. The number of rotatable bonds is 6. The number of aryl methyl sites for hydroxylation is 2. The van der Waals surface area contributed by atoms with Crippen LogP contribution in [0.25, 0.3) is 66.7 Å². The summed E-state index contributed by atoms with van der Waals surface area (Å²) in [4.78, 5) is 8.87. The van der Waals surface area contributed by atoms with Crippen LogP contribution in [0.15, 0.2) is 138 Å². The van der Waals surface area contributed by atoms with Crippen LogP contribution in [0.2, 0.25) is 0 Å². The van der Waals surface area contributed by atoms with E-state index in [1.165, 1.54) is 24.8 Å². The number of para-hydroxylation sites is 1. The number of furan rings is 1.